The largest absolute Gasteiger partial charge is 0.472 e. The molecule has 0 aliphatic carbocycles. The van der Waals surface area contributed by atoms with E-state index in [1.165, 1.54) is 30.8 Å². The number of urea groups is 1. The van der Waals surface area contributed by atoms with Crippen LogP contribution in [-0.4, -0.2) is 40.1 Å². The van der Waals surface area contributed by atoms with Gasteiger partial charge in [0.25, 0.3) is 0 Å². The summed E-state index contributed by atoms with van der Waals surface area (Å²) in [6.07, 6.45) is -10.2. The summed E-state index contributed by atoms with van der Waals surface area (Å²) in [4.78, 5) is 26.1. The van der Waals surface area contributed by atoms with E-state index in [4.69, 9.17) is 0 Å². The van der Waals surface area contributed by atoms with Gasteiger partial charge in [0.2, 0.25) is 0 Å². The highest BCUT2D eigenvalue weighted by Crippen LogP contribution is 2.41. The predicted octanol–water partition coefficient (Wildman–Crippen LogP) is 4.66. The third kappa shape index (κ3) is 5.53. The standard InChI is InChI=1S/C24H17F6N5O3S/c1-13-18(12-32)20(34(2)22(37)35(13)16-6-4-5-15(10-16)23(25,26)27)17-8-7-14(11-31)9-19(17)39(3,38)33-21(36)24(28,29)30/h4-10,20H,3H2,1-2H3,(H,33,36,38). The molecule has 8 nitrogen and oxygen atoms in total. The average Bonchev–Trinajstić information content (AvgIpc) is 2.84. The number of alkyl halides is 6. The number of allylic oxidation sites excluding steroid dienone is 1. The number of hydrogen-bond acceptors (Lipinski definition) is 5. The fraction of sp³-hybridized carbons (Fsp3) is 0.208. The normalized spacial score (nSPS) is 17.8. The van der Waals surface area contributed by atoms with Crippen molar-refractivity contribution in [2.24, 2.45) is 0 Å². The molecule has 0 saturated carbocycles. The quantitative estimate of drug-likeness (QED) is 0.425. The molecule has 2 aromatic carbocycles. The Balaban J connectivity index is 2.24. The summed E-state index contributed by atoms with van der Waals surface area (Å²) in [5.74, 6) is 0.624. The first-order valence-corrected chi connectivity index (χ1v) is 12.3. The summed E-state index contributed by atoms with van der Waals surface area (Å²) in [5, 5.41) is 19.3. The number of anilines is 1. The Labute approximate surface area is 218 Å². The van der Waals surface area contributed by atoms with Crippen molar-refractivity contribution < 1.29 is 40.1 Å². The number of hydrogen-bond donors (Lipinski definition) is 1. The van der Waals surface area contributed by atoms with Crippen molar-refractivity contribution in [3.63, 3.8) is 0 Å². The Morgan fingerprint density at radius 2 is 1.72 bits per heavy atom. The minimum Gasteiger partial charge on any atom is -0.315 e. The third-order valence-electron chi connectivity index (χ3n) is 5.74. The Morgan fingerprint density at radius 1 is 1.08 bits per heavy atom. The van der Waals surface area contributed by atoms with Crippen LogP contribution in [0.15, 0.2) is 58.6 Å². The number of benzene rings is 2. The Kier molecular flexibility index (Phi) is 7.45. The molecular weight excluding hydrogens is 552 g/mol. The molecule has 0 saturated heterocycles. The number of amides is 3. The molecule has 2 unspecified atom stereocenters. The highest BCUT2D eigenvalue weighted by atomic mass is 32.2. The van der Waals surface area contributed by atoms with Crippen LogP contribution < -0.4 is 9.62 Å². The van der Waals surface area contributed by atoms with Crippen LogP contribution in [0.5, 0.6) is 0 Å². The molecule has 1 N–H and O–H groups in total. The van der Waals surface area contributed by atoms with E-state index in [9.17, 15) is 50.7 Å². The van der Waals surface area contributed by atoms with E-state index >= 15 is 0 Å². The summed E-state index contributed by atoms with van der Waals surface area (Å²) in [5.41, 5.74) is -2.01. The zero-order valence-electron chi connectivity index (χ0n) is 20.0. The van der Waals surface area contributed by atoms with Gasteiger partial charge in [0.05, 0.1) is 55.2 Å². The molecule has 0 spiro atoms. The summed E-state index contributed by atoms with van der Waals surface area (Å²) in [7, 11) is -3.15. The molecule has 15 heteroatoms. The van der Waals surface area contributed by atoms with Crippen molar-refractivity contribution in [3.05, 3.63) is 70.4 Å². The minimum absolute atomic E-state index is 0.116. The molecule has 1 heterocycles. The van der Waals surface area contributed by atoms with Gasteiger partial charge in [-0.2, -0.15) is 36.9 Å². The average molecular weight is 569 g/mol. The molecule has 0 aromatic heterocycles. The molecule has 0 radical (unpaired) electrons. The van der Waals surface area contributed by atoms with Gasteiger partial charge in [-0.05, 0) is 48.7 Å². The topological polar surface area (TPSA) is 117 Å². The summed E-state index contributed by atoms with van der Waals surface area (Å²) in [6, 6.07) is 8.20. The van der Waals surface area contributed by atoms with E-state index in [1.54, 1.807) is 6.07 Å². The van der Waals surface area contributed by atoms with Crippen LogP contribution in [0.25, 0.3) is 0 Å². The van der Waals surface area contributed by atoms with Crippen molar-refractivity contribution in [3.8, 4) is 12.1 Å². The number of halogens is 6. The van der Waals surface area contributed by atoms with E-state index in [0.717, 1.165) is 34.1 Å². The maximum atomic E-state index is 13.4. The number of nitrogens with one attached hydrogen (secondary N) is 1. The zero-order valence-corrected chi connectivity index (χ0v) is 20.8. The molecule has 3 rings (SSSR count). The molecule has 3 amide bonds. The van der Waals surface area contributed by atoms with Gasteiger partial charge in [0.1, 0.15) is 0 Å². The summed E-state index contributed by atoms with van der Waals surface area (Å²) >= 11 is 0. The number of carbonyl (C=O) groups is 2. The van der Waals surface area contributed by atoms with Gasteiger partial charge in [0, 0.05) is 12.7 Å². The van der Waals surface area contributed by atoms with Crippen molar-refractivity contribution >= 4 is 33.2 Å². The van der Waals surface area contributed by atoms with Gasteiger partial charge in [-0.15, -0.1) is 0 Å². The number of likely N-dealkylation sites (N-methyl/N-ethyl adjacent to an activating group) is 1. The van der Waals surface area contributed by atoms with Gasteiger partial charge < -0.3 is 4.90 Å². The molecule has 1 aliphatic heterocycles. The molecule has 2 atom stereocenters. The Hall–Kier alpha value is -4.50. The SMILES string of the molecule is C=S(=O)(NC(=O)C(F)(F)F)c1cc(C#N)ccc1C1C(C#N)=C(C)N(c2cccc(C(F)(F)F)c2)C(=O)N1C. The monoisotopic (exact) mass is 569 g/mol. The van der Waals surface area contributed by atoms with Gasteiger partial charge in [-0.1, -0.05) is 12.1 Å². The second-order valence-corrected chi connectivity index (χ2v) is 10.3. The van der Waals surface area contributed by atoms with Gasteiger partial charge in [-0.25, -0.2) is 9.00 Å². The molecule has 0 fully saturated rings. The number of nitrogens with zero attached hydrogens (tertiary/aromatic N) is 4. The first kappa shape index (κ1) is 29.1. The maximum absolute atomic E-state index is 13.4. The smallest absolute Gasteiger partial charge is 0.315 e. The Bertz CT molecular complexity index is 1580. The van der Waals surface area contributed by atoms with Gasteiger partial charge >= 0.3 is 24.3 Å². The van der Waals surface area contributed by atoms with Crippen LogP contribution in [0.1, 0.15) is 29.7 Å². The third-order valence-corrected chi connectivity index (χ3v) is 7.32. The lowest BCUT2D eigenvalue weighted by Gasteiger charge is -2.40. The second kappa shape index (κ2) is 9.99. The van der Waals surface area contributed by atoms with Crippen molar-refractivity contribution in [2.45, 2.75) is 30.2 Å². The first-order chi connectivity index (χ1) is 17.9. The van der Waals surface area contributed by atoms with E-state index in [1.807, 2.05) is 6.07 Å². The van der Waals surface area contributed by atoms with Gasteiger partial charge in [-0.3, -0.25) is 14.4 Å². The van der Waals surface area contributed by atoms with Crippen molar-refractivity contribution in [1.29, 1.82) is 10.5 Å². The Morgan fingerprint density at radius 3 is 2.26 bits per heavy atom. The van der Waals surface area contributed by atoms with Crippen LogP contribution >= 0.6 is 0 Å². The van der Waals surface area contributed by atoms with Crippen molar-refractivity contribution in [2.75, 3.05) is 11.9 Å². The predicted molar refractivity (Wildman–Crippen MR) is 127 cm³/mol. The second-order valence-electron chi connectivity index (χ2n) is 8.26. The first-order valence-electron chi connectivity index (χ1n) is 10.6. The lowest BCUT2D eigenvalue weighted by atomic mass is 9.93. The van der Waals surface area contributed by atoms with E-state index in [-0.39, 0.29) is 28.1 Å². The van der Waals surface area contributed by atoms with E-state index in [2.05, 4.69) is 5.87 Å². The summed E-state index contributed by atoms with van der Waals surface area (Å²) < 4.78 is 93.1. The zero-order chi connectivity index (χ0) is 29.5. The molecule has 2 aromatic rings. The van der Waals surface area contributed by atoms with E-state index in [0.29, 0.717) is 6.07 Å². The maximum Gasteiger partial charge on any atom is 0.472 e. The number of nitriles is 2. The molecule has 39 heavy (non-hydrogen) atoms. The van der Waals surface area contributed by atoms with Crippen molar-refractivity contribution in [1.82, 2.24) is 9.62 Å². The number of rotatable bonds is 4. The molecule has 204 valence electrons. The van der Waals surface area contributed by atoms with Gasteiger partial charge in [0.15, 0.2) is 0 Å². The number of carbonyl (C=O) groups excluding carboxylic acids is 2. The van der Waals surface area contributed by atoms with Crippen LogP contribution in [0, 0.1) is 22.7 Å². The summed E-state index contributed by atoms with van der Waals surface area (Å²) in [6.45, 7) is 1.27. The molecule has 0 bridgehead atoms. The molecular formula is C24H17F6N5O3S. The highest BCUT2D eigenvalue weighted by molar-refractivity contribution is 7.99. The molecule has 1 aliphatic rings. The van der Waals surface area contributed by atoms with E-state index < -0.39 is 50.5 Å². The lowest BCUT2D eigenvalue weighted by Crippen LogP contribution is -2.48. The van der Waals surface area contributed by atoms with Crippen LogP contribution in [0.4, 0.5) is 36.8 Å². The lowest BCUT2D eigenvalue weighted by molar-refractivity contribution is -0.171. The fourth-order valence-corrected chi connectivity index (χ4v) is 5.34. The van der Waals surface area contributed by atoms with Crippen LogP contribution in [0.2, 0.25) is 0 Å². The van der Waals surface area contributed by atoms with Crippen LogP contribution in [-0.2, 0) is 20.7 Å². The highest BCUT2D eigenvalue weighted by Gasteiger charge is 2.43. The minimum atomic E-state index is -5.43. The van der Waals surface area contributed by atoms with Crippen LogP contribution in [0.3, 0.4) is 0 Å². The fourth-order valence-electron chi connectivity index (χ4n) is 3.93.